The largest absolute Gasteiger partial charge is 0.491 e. The van der Waals surface area contributed by atoms with Crippen LogP contribution >= 0.6 is 0 Å². The van der Waals surface area contributed by atoms with E-state index in [1.165, 1.54) is 0 Å². The monoisotopic (exact) mass is 566 g/mol. The van der Waals surface area contributed by atoms with Crippen molar-refractivity contribution < 1.29 is 28.4 Å². The highest BCUT2D eigenvalue weighted by molar-refractivity contribution is 6.04. The zero-order chi connectivity index (χ0) is 28.7. The Morgan fingerprint density at radius 2 is 0.571 bits per heavy atom. The molecule has 0 unspecified atom stereocenters. The van der Waals surface area contributed by atoms with Gasteiger partial charge in [0.2, 0.25) is 0 Å². The summed E-state index contributed by atoms with van der Waals surface area (Å²) < 4.78 is 34.3. The van der Waals surface area contributed by atoms with E-state index in [4.69, 9.17) is 28.4 Å². The third-order valence-electron chi connectivity index (χ3n) is 6.77. The maximum Gasteiger partial charge on any atom is 0.119 e. The van der Waals surface area contributed by atoms with Crippen LogP contribution in [0.2, 0.25) is 0 Å². The summed E-state index contributed by atoms with van der Waals surface area (Å²) in [6.07, 6.45) is 0. The Kier molecular flexibility index (Phi) is 11.6. The van der Waals surface area contributed by atoms with E-state index >= 15 is 0 Å². The number of hydrogen-bond donors (Lipinski definition) is 0. The molecule has 0 saturated carbocycles. The first-order valence-electron chi connectivity index (χ1n) is 14.5. The molecule has 4 aromatic rings. The molecule has 7 rings (SSSR count). The van der Waals surface area contributed by atoms with E-state index in [-0.39, 0.29) is 0 Å². The van der Waals surface area contributed by atoms with Gasteiger partial charge < -0.3 is 28.4 Å². The molecule has 0 N–H and O–H groups in total. The quantitative estimate of drug-likeness (QED) is 0.275. The lowest BCUT2D eigenvalue weighted by atomic mass is 9.86. The third kappa shape index (κ3) is 8.78. The van der Waals surface area contributed by atoms with Crippen molar-refractivity contribution in [1.82, 2.24) is 0 Å². The SMILES string of the molecule is c1ccc(/C2=C(\c3ccccc3)c3ccc(cc3)OCCOCCOCCOCCOCCOc3ccc2cc3)cc1. The van der Waals surface area contributed by atoms with Crippen molar-refractivity contribution in [2.45, 2.75) is 0 Å². The van der Waals surface area contributed by atoms with E-state index in [0.717, 1.165) is 44.9 Å². The minimum atomic E-state index is 0.466. The average molecular weight is 567 g/mol. The minimum Gasteiger partial charge on any atom is -0.491 e. The lowest BCUT2D eigenvalue weighted by Crippen LogP contribution is -2.14. The Balaban J connectivity index is 1.48. The van der Waals surface area contributed by atoms with Gasteiger partial charge in [-0.15, -0.1) is 0 Å². The van der Waals surface area contributed by atoms with Crippen LogP contribution in [0, 0.1) is 0 Å². The lowest BCUT2D eigenvalue weighted by Gasteiger charge is -2.19. The van der Waals surface area contributed by atoms with Gasteiger partial charge in [-0.05, 0) is 57.7 Å². The van der Waals surface area contributed by atoms with Gasteiger partial charge in [-0.25, -0.2) is 0 Å². The van der Waals surface area contributed by atoms with Crippen molar-refractivity contribution in [3.63, 3.8) is 0 Å². The van der Waals surface area contributed by atoms with E-state index < -0.39 is 0 Å². The molecular weight excluding hydrogens is 528 g/mol. The second kappa shape index (κ2) is 16.5. The molecule has 3 aliphatic heterocycles. The maximum atomic E-state index is 5.96. The lowest BCUT2D eigenvalue weighted by molar-refractivity contribution is -0.00699. The molecule has 0 spiro atoms. The Morgan fingerprint density at radius 3 is 0.905 bits per heavy atom. The molecule has 0 aromatic heterocycles. The third-order valence-corrected chi connectivity index (χ3v) is 6.77. The van der Waals surface area contributed by atoms with Gasteiger partial charge in [0, 0.05) is 0 Å². The minimum absolute atomic E-state index is 0.466. The van der Waals surface area contributed by atoms with Crippen molar-refractivity contribution in [2.24, 2.45) is 0 Å². The molecule has 6 nitrogen and oxygen atoms in total. The van der Waals surface area contributed by atoms with E-state index in [9.17, 15) is 0 Å². The molecule has 0 atom stereocenters. The second-order valence-corrected chi connectivity index (χ2v) is 9.68. The van der Waals surface area contributed by atoms with Crippen molar-refractivity contribution in [3.05, 3.63) is 131 Å². The van der Waals surface area contributed by atoms with Crippen molar-refractivity contribution >= 4 is 11.1 Å². The molecule has 0 saturated heterocycles. The van der Waals surface area contributed by atoms with E-state index in [1.807, 2.05) is 36.4 Å². The normalized spacial score (nSPS) is 18.2. The summed E-state index contributed by atoms with van der Waals surface area (Å²) in [5, 5.41) is 0. The van der Waals surface area contributed by atoms with Crippen LogP contribution in [0.4, 0.5) is 0 Å². The molecule has 6 heteroatoms. The molecule has 3 aliphatic rings. The number of ether oxygens (including phenoxy) is 6. The number of rotatable bonds is 2. The van der Waals surface area contributed by atoms with Gasteiger partial charge in [-0.2, -0.15) is 0 Å². The van der Waals surface area contributed by atoms with Crippen LogP contribution in [0.15, 0.2) is 109 Å². The topological polar surface area (TPSA) is 55.4 Å². The second-order valence-electron chi connectivity index (χ2n) is 9.68. The zero-order valence-electron chi connectivity index (χ0n) is 23.9. The average Bonchev–Trinajstić information content (AvgIpc) is 3.04. The van der Waals surface area contributed by atoms with Gasteiger partial charge >= 0.3 is 0 Å². The van der Waals surface area contributed by atoms with Crippen LogP contribution in [-0.2, 0) is 18.9 Å². The van der Waals surface area contributed by atoms with E-state index in [1.54, 1.807) is 0 Å². The predicted octanol–water partition coefficient (Wildman–Crippen LogP) is 6.53. The van der Waals surface area contributed by atoms with Gasteiger partial charge in [0.1, 0.15) is 24.7 Å². The maximum absolute atomic E-state index is 5.96. The predicted molar refractivity (Wildman–Crippen MR) is 165 cm³/mol. The molecule has 4 aromatic carbocycles. The van der Waals surface area contributed by atoms with Crippen LogP contribution < -0.4 is 9.47 Å². The van der Waals surface area contributed by atoms with E-state index in [2.05, 4.69) is 72.8 Å². The van der Waals surface area contributed by atoms with Crippen LogP contribution in [-0.4, -0.2) is 66.1 Å². The Hall–Kier alpha value is -3.94. The molecule has 0 radical (unpaired) electrons. The standard InChI is InChI=1S/C36H38O6/c1-3-7-29(8-4-1)35-31-11-15-33(16-12-31)41-27-25-39-23-21-37-19-20-38-22-24-40-26-28-42-34-17-13-32(14-18-34)36(35)30-9-5-2-6-10-30/h1-18H,19-28H2/b36-35-. The van der Waals surface area contributed by atoms with Gasteiger partial charge in [0.15, 0.2) is 0 Å². The summed E-state index contributed by atoms with van der Waals surface area (Å²) in [5.41, 5.74) is 6.75. The fraction of sp³-hybridized carbons (Fsp3) is 0.278. The molecule has 0 aliphatic carbocycles. The first kappa shape index (κ1) is 29.5. The van der Waals surface area contributed by atoms with Crippen molar-refractivity contribution in [2.75, 3.05) is 66.1 Å². The molecule has 0 amide bonds. The smallest absolute Gasteiger partial charge is 0.119 e. The molecule has 3 heterocycles. The molecule has 0 fully saturated rings. The zero-order valence-corrected chi connectivity index (χ0v) is 23.9. The van der Waals surface area contributed by atoms with Crippen molar-refractivity contribution in [1.29, 1.82) is 0 Å². The van der Waals surface area contributed by atoms with Crippen LogP contribution in [0.1, 0.15) is 22.3 Å². The van der Waals surface area contributed by atoms with Crippen molar-refractivity contribution in [3.8, 4) is 11.5 Å². The Morgan fingerprint density at radius 1 is 0.286 bits per heavy atom. The Bertz CT molecular complexity index is 1240. The molecule has 218 valence electrons. The first-order valence-corrected chi connectivity index (χ1v) is 14.5. The van der Waals surface area contributed by atoms with Gasteiger partial charge in [-0.1, -0.05) is 84.9 Å². The summed E-state index contributed by atoms with van der Waals surface area (Å²) in [6, 6.07) is 37.6. The summed E-state index contributed by atoms with van der Waals surface area (Å²) in [7, 11) is 0. The summed E-state index contributed by atoms with van der Waals surface area (Å²) in [4.78, 5) is 0. The Labute approximate surface area is 248 Å². The fourth-order valence-electron chi connectivity index (χ4n) is 4.75. The fourth-order valence-corrected chi connectivity index (χ4v) is 4.75. The number of benzene rings is 4. The molecule has 42 heavy (non-hydrogen) atoms. The van der Waals surface area contributed by atoms with Crippen LogP contribution in [0.5, 0.6) is 11.5 Å². The van der Waals surface area contributed by atoms with Crippen LogP contribution in [0.25, 0.3) is 11.1 Å². The van der Waals surface area contributed by atoms with E-state index in [0.29, 0.717) is 66.1 Å². The molecule has 4 bridgehead atoms. The van der Waals surface area contributed by atoms with Gasteiger partial charge in [0.05, 0.1) is 52.9 Å². The number of fused-ring (bicyclic) bond motifs is 2. The first-order chi connectivity index (χ1) is 20.9. The summed E-state index contributed by atoms with van der Waals surface area (Å²) in [6.45, 7) is 5.03. The highest BCUT2D eigenvalue weighted by Crippen LogP contribution is 2.37. The highest BCUT2D eigenvalue weighted by atomic mass is 16.6. The highest BCUT2D eigenvalue weighted by Gasteiger charge is 2.16. The summed E-state index contributed by atoms with van der Waals surface area (Å²) in [5.74, 6) is 1.60. The van der Waals surface area contributed by atoms with Gasteiger partial charge in [0.25, 0.3) is 0 Å². The number of hydrogen-bond acceptors (Lipinski definition) is 6. The van der Waals surface area contributed by atoms with Crippen LogP contribution in [0.3, 0.4) is 0 Å². The van der Waals surface area contributed by atoms with Gasteiger partial charge in [-0.3, -0.25) is 0 Å². The summed E-state index contributed by atoms with van der Waals surface area (Å²) >= 11 is 0. The molecular formula is C36H38O6.